The van der Waals surface area contributed by atoms with Gasteiger partial charge in [0.25, 0.3) is 0 Å². The monoisotopic (exact) mass is 427 g/mol. The maximum Gasteiger partial charge on any atom is 0.324 e. The molecule has 1 aliphatic carbocycles. The molecule has 1 aromatic rings. The molecule has 6 heteroatoms. The molecule has 1 saturated heterocycles. The predicted octanol–water partition coefficient (Wildman–Crippen LogP) is 4.36. The van der Waals surface area contributed by atoms with E-state index in [9.17, 15) is 9.59 Å². The molecule has 4 atom stereocenters. The molecule has 0 bridgehead atoms. The lowest BCUT2D eigenvalue weighted by molar-refractivity contribution is -0.127. The topological polar surface area (TPSA) is 61.9 Å². The van der Waals surface area contributed by atoms with Crippen molar-refractivity contribution in [1.29, 1.82) is 0 Å². The Morgan fingerprint density at radius 2 is 1.81 bits per heavy atom. The second-order valence-corrected chi connectivity index (χ2v) is 9.94. The molecule has 4 rings (SSSR count). The van der Waals surface area contributed by atoms with Gasteiger partial charge < -0.3 is 15.0 Å². The summed E-state index contributed by atoms with van der Waals surface area (Å²) in [5.41, 5.74) is 1.96. The zero-order valence-electron chi connectivity index (χ0n) is 19.4. The number of hydrogen-bond donors (Lipinski definition) is 1. The molecule has 6 nitrogen and oxygen atoms in total. The van der Waals surface area contributed by atoms with E-state index in [1.54, 1.807) is 0 Å². The van der Waals surface area contributed by atoms with E-state index < -0.39 is 0 Å². The van der Waals surface area contributed by atoms with E-state index in [1.807, 2.05) is 41.8 Å². The van der Waals surface area contributed by atoms with Gasteiger partial charge in [0.2, 0.25) is 5.91 Å². The first-order chi connectivity index (χ1) is 14.8. The summed E-state index contributed by atoms with van der Waals surface area (Å²) in [6, 6.07) is 6.30. The third-order valence-corrected chi connectivity index (χ3v) is 7.57. The number of likely N-dealkylation sites (tertiary alicyclic amines) is 1. The molecule has 0 radical (unpaired) electrons. The number of aryl methyl sites for hydroxylation is 1. The summed E-state index contributed by atoms with van der Waals surface area (Å²) >= 11 is 0. The highest BCUT2D eigenvalue weighted by atomic mass is 16.5. The van der Waals surface area contributed by atoms with Crippen LogP contribution in [0.15, 0.2) is 18.2 Å². The number of anilines is 1. The minimum absolute atomic E-state index is 0.00614. The van der Waals surface area contributed by atoms with Gasteiger partial charge in [-0.2, -0.15) is 0 Å². The van der Waals surface area contributed by atoms with Crippen molar-refractivity contribution in [3.05, 3.63) is 23.8 Å². The van der Waals surface area contributed by atoms with Gasteiger partial charge in [-0.15, -0.1) is 0 Å². The number of nitrogens with zero attached hydrogens (tertiary/aromatic N) is 2. The molecule has 3 amide bonds. The lowest BCUT2D eigenvalue weighted by Crippen LogP contribution is -2.53. The summed E-state index contributed by atoms with van der Waals surface area (Å²) in [5, 5.41) is 3.33. The quantitative estimate of drug-likeness (QED) is 0.763. The van der Waals surface area contributed by atoms with Crippen molar-refractivity contribution in [1.82, 2.24) is 10.2 Å². The molecule has 0 aromatic heterocycles. The zero-order chi connectivity index (χ0) is 22.1. The molecule has 1 aromatic carbocycles. The molecular weight excluding hydrogens is 390 g/mol. The van der Waals surface area contributed by atoms with Crippen molar-refractivity contribution >= 4 is 17.6 Å². The number of ether oxygens (including phenoxy) is 1. The average molecular weight is 428 g/mol. The molecule has 2 fully saturated rings. The van der Waals surface area contributed by atoms with E-state index in [2.05, 4.69) is 19.2 Å². The average Bonchev–Trinajstić information content (AvgIpc) is 2.76. The van der Waals surface area contributed by atoms with Crippen LogP contribution >= 0.6 is 0 Å². The molecule has 2 heterocycles. The molecular formula is C25H37N3O3. The summed E-state index contributed by atoms with van der Waals surface area (Å²) in [4.78, 5) is 30.0. The molecule has 0 unspecified atom stereocenters. The fourth-order valence-corrected chi connectivity index (χ4v) is 5.32. The Hall–Kier alpha value is -2.24. The molecule has 31 heavy (non-hydrogen) atoms. The second kappa shape index (κ2) is 9.09. The molecule has 3 aliphatic rings. The molecule has 2 aliphatic heterocycles. The Morgan fingerprint density at radius 3 is 2.55 bits per heavy atom. The van der Waals surface area contributed by atoms with Crippen molar-refractivity contribution in [2.24, 2.45) is 17.8 Å². The van der Waals surface area contributed by atoms with Crippen molar-refractivity contribution in [2.45, 2.75) is 71.9 Å². The number of rotatable bonds is 2. The standard InChI is InChI=1S/C25H37N3O3/c1-16-8-9-23-22(14-16)28(15-18(3)31-23)25(30)27-12-10-20(11-13-27)24(29)26-21-7-5-6-17(2)19(21)4/h8-9,14,17-21H,5-7,10-13,15H2,1-4H3,(H,26,29)/t17-,18-,19+,21+/m0/s1. The smallest absolute Gasteiger partial charge is 0.324 e. The largest absolute Gasteiger partial charge is 0.487 e. The van der Waals surface area contributed by atoms with E-state index in [4.69, 9.17) is 4.74 Å². The Kier molecular flexibility index (Phi) is 6.44. The second-order valence-electron chi connectivity index (χ2n) is 9.94. The van der Waals surface area contributed by atoms with Crippen molar-refractivity contribution in [2.75, 3.05) is 24.5 Å². The molecule has 0 spiro atoms. The van der Waals surface area contributed by atoms with Gasteiger partial charge in [0.1, 0.15) is 11.9 Å². The van der Waals surface area contributed by atoms with E-state index in [1.165, 1.54) is 12.8 Å². The van der Waals surface area contributed by atoms with E-state index >= 15 is 0 Å². The molecule has 1 saturated carbocycles. The molecule has 170 valence electrons. The number of urea groups is 1. The summed E-state index contributed by atoms with van der Waals surface area (Å²) in [5.74, 6) is 2.15. The van der Waals surface area contributed by atoms with Gasteiger partial charge in [-0.1, -0.05) is 32.8 Å². The summed E-state index contributed by atoms with van der Waals surface area (Å²) in [7, 11) is 0. The van der Waals surface area contributed by atoms with Gasteiger partial charge in [0.05, 0.1) is 12.2 Å². The number of carbonyl (C=O) groups is 2. The number of benzene rings is 1. The van der Waals surface area contributed by atoms with E-state index in [0.29, 0.717) is 37.5 Å². The van der Waals surface area contributed by atoms with Crippen molar-refractivity contribution in [3.8, 4) is 5.75 Å². The Morgan fingerprint density at radius 1 is 1.06 bits per heavy atom. The fraction of sp³-hybridized carbons (Fsp3) is 0.680. The highest BCUT2D eigenvalue weighted by Crippen LogP contribution is 2.35. The van der Waals surface area contributed by atoms with Crippen LogP contribution in [0.5, 0.6) is 5.75 Å². The number of fused-ring (bicyclic) bond motifs is 1. The number of nitrogens with one attached hydrogen (secondary N) is 1. The lowest BCUT2D eigenvalue weighted by Gasteiger charge is -2.40. The van der Waals surface area contributed by atoms with Gasteiger partial charge in [-0.3, -0.25) is 9.69 Å². The van der Waals surface area contributed by atoms with Crippen molar-refractivity contribution < 1.29 is 14.3 Å². The summed E-state index contributed by atoms with van der Waals surface area (Å²) in [6.45, 7) is 10.4. The van der Waals surface area contributed by atoms with Crippen molar-refractivity contribution in [3.63, 3.8) is 0 Å². The fourth-order valence-electron chi connectivity index (χ4n) is 5.32. The first-order valence-electron chi connectivity index (χ1n) is 12.0. The first-order valence-corrected chi connectivity index (χ1v) is 12.0. The number of piperidine rings is 1. The van der Waals surface area contributed by atoms with Crippen LogP contribution in [0, 0.1) is 24.7 Å². The zero-order valence-corrected chi connectivity index (χ0v) is 19.4. The van der Waals surface area contributed by atoms with Gasteiger partial charge in [0, 0.05) is 25.0 Å². The summed E-state index contributed by atoms with van der Waals surface area (Å²) < 4.78 is 5.93. The van der Waals surface area contributed by atoms with Gasteiger partial charge in [-0.05, 0) is 62.6 Å². The van der Waals surface area contributed by atoms with Gasteiger partial charge >= 0.3 is 6.03 Å². The predicted molar refractivity (Wildman–Crippen MR) is 122 cm³/mol. The van der Waals surface area contributed by atoms with E-state index in [0.717, 1.165) is 36.3 Å². The van der Waals surface area contributed by atoms with Crippen LogP contribution in [0.3, 0.4) is 0 Å². The van der Waals surface area contributed by atoms with Gasteiger partial charge in [0.15, 0.2) is 0 Å². The van der Waals surface area contributed by atoms with Crippen LogP contribution in [0.2, 0.25) is 0 Å². The number of hydrogen-bond acceptors (Lipinski definition) is 3. The molecule has 1 N–H and O–H groups in total. The van der Waals surface area contributed by atoms with Crippen LogP contribution in [-0.2, 0) is 4.79 Å². The van der Waals surface area contributed by atoms with Gasteiger partial charge in [-0.25, -0.2) is 4.79 Å². The third-order valence-electron chi connectivity index (χ3n) is 7.57. The highest BCUT2D eigenvalue weighted by molar-refractivity contribution is 5.94. The Bertz CT molecular complexity index is 818. The maximum absolute atomic E-state index is 13.3. The normalized spacial score (nSPS) is 29.2. The van der Waals surface area contributed by atoms with Crippen LogP contribution < -0.4 is 15.0 Å². The third kappa shape index (κ3) is 4.68. The number of carbonyl (C=O) groups excluding carboxylic acids is 2. The van der Waals surface area contributed by atoms with Crippen LogP contribution in [-0.4, -0.2) is 48.6 Å². The summed E-state index contributed by atoms with van der Waals surface area (Å²) in [6.07, 6.45) is 4.97. The Balaban J connectivity index is 1.35. The number of amides is 3. The highest BCUT2D eigenvalue weighted by Gasteiger charge is 2.35. The first kappa shape index (κ1) is 22.0. The Labute approximate surface area is 186 Å². The van der Waals surface area contributed by atoms with Crippen LogP contribution in [0.25, 0.3) is 0 Å². The van der Waals surface area contributed by atoms with Crippen LogP contribution in [0.4, 0.5) is 10.5 Å². The van der Waals surface area contributed by atoms with Crippen LogP contribution in [0.1, 0.15) is 58.4 Å². The lowest BCUT2D eigenvalue weighted by atomic mass is 9.78. The minimum atomic E-state index is -0.0395. The minimum Gasteiger partial charge on any atom is -0.487 e. The maximum atomic E-state index is 13.3. The SMILES string of the molecule is Cc1ccc2c(c1)N(C(=O)N1CCC(C(=O)N[C@@H]3CCC[C@H](C)[C@H]3C)CC1)C[C@H](C)O2. The van der Waals surface area contributed by atoms with E-state index in [-0.39, 0.29) is 24.0 Å².